The van der Waals surface area contributed by atoms with Gasteiger partial charge in [0.15, 0.2) is 5.82 Å². The highest BCUT2D eigenvalue weighted by Gasteiger charge is 2.04. The summed E-state index contributed by atoms with van der Waals surface area (Å²) in [7, 11) is 0. The Morgan fingerprint density at radius 3 is 2.67 bits per heavy atom. The van der Waals surface area contributed by atoms with Gasteiger partial charge in [-0.1, -0.05) is 35.9 Å². The molecular formula is C18H18ClN5. The normalized spacial score (nSPS) is 10.5. The van der Waals surface area contributed by atoms with Crippen LogP contribution in [0.4, 0.5) is 17.5 Å². The first-order valence-electron chi connectivity index (χ1n) is 7.63. The third-order valence-electron chi connectivity index (χ3n) is 3.73. The van der Waals surface area contributed by atoms with Gasteiger partial charge in [-0.05, 0) is 48.7 Å². The van der Waals surface area contributed by atoms with Crippen molar-refractivity contribution in [2.75, 3.05) is 10.6 Å². The molecule has 0 bridgehead atoms. The zero-order valence-electron chi connectivity index (χ0n) is 13.5. The summed E-state index contributed by atoms with van der Waals surface area (Å²) in [5.41, 5.74) is 4.42. The van der Waals surface area contributed by atoms with Gasteiger partial charge in [0, 0.05) is 17.3 Å². The third kappa shape index (κ3) is 4.00. The van der Waals surface area contributed by atoms with Gasteiger partial charge >= 0.3 is 0 Å². The molecule has 5 nitrogen and oxygen atoms in total. The average Bonchev–Trinajstić information content (AvgIpc) is 2.58. The number of aromatic nitrogens is 3. The summed E-state index contributed by atoms with van der Waals surface area (Å²) in [6, 6.07) is 13.8. The molecule has 24 heavy (non-hydrogen) atoms. The zero-order valence-corrected chi connectivity index (χ0v) is 14.3. The van der Waals surface area contributed by atoms with E-state index >= 15 is 0 Å². The molecule has 0 aliphatic carbocycles. The van der Waals surface area contributed by atoms with Crippen molar-refractivity contribution < 1.29 is 0 Å². The van der Waals surface area contributed by atoms with Crippen LogP contribution < -0.4 is 10.6 Å². The lowest BCUT2D eigenvalue weighted by molar-refractivity contribution is 0.949. The molecule has 2 aromatic carbocycles. The van der Waals surface area contributed by atoms with Crippen LogP contribution >= 0.6 is 11.6 Å². The molecule has 0 radical (unpaired) electrons. The van der Waals surface area contributed by atoms with Gasteiger partial charge < -0.3 is 10.6 Å². The van der Waals surface area contributed by atoms with Crippen LogP contribution in [0.2, 0.25) is 5.02 Å². The van der Waals surface area contributed by atoms with E-state index in [0.29, 0.717) is 23.3 Å². The molecule has 0 aliphatic heterocycles. The van der Waals surface area contributed by atoms with Crippen molar-refractivity contribution in [3.8, 4) is 0 Å². The summed E-state index contributed by atoms with van der Waals surface area (Å²) in [6.07, 6.45) is 1.59. The van der Waals surface area contributed by atoms with E-state index in [0.717, 1.165) is 11.3 Å². The molecule has 0 aliphatic rings. The first-order valence-corrected chi connectivity index (χ1v) is 8.01. The number of hydrogen-bond donors (Lipinski definition) is 2. The number of nitrogens with zero attached hydrogens (tertiary/aromatic N) is 3. The second-order valence-electron chi connectivity index (χ2n) is 5.53. The van der Waals surface area contributed by atoms with Crippen molar-refractivity contribution in [3.63, 3.8) is 0 Å². The van der Waals surface area contributed by atoms with Crippen molar-refractivity contribution >= 4 is 29.1 Å². The topological polar surface area (TPSA) is 62.7 Å². The van der Waals surface area contributed by atoms with Gasteiger partial charge in [-0.3, -0.25) is 0 Å². The number of halogens is 1. The van der Waals surface area contributed by atoms with Gasteiger partial charge in [0.05, 0.1) is 6.20 Å². The quantitative estimate of drug-likeness (QED) is 0.716. The standard InChI is InChI=1S/C18H18ClN5/c1-12-7-8-15(9-13(12)2)22-17-11-21-24-18(23-17)20-10-14-5-3-4-6-16(14)19/h3-9,11H,10H2,1-2H3,(H2,20,22,23,24). The van der Waals surface area contributed by atoms with Crippen molar-refractivity contribution in [3.05, 3.63) is 70.4 Å². The first kappa shape index (κ1) is 16.2. The van der Waals surface area contributed by atoms with Gasteiger partial charge in [0.25, 0.3) is 0 Å². The second-order valence-corrected chi connectivity index (χ2v) is 5.94. The zero-order chi connectivity index (χ0) is 16.9. The fraction of sp³-hybridized carbons (Fsp3) is 0.167. The molecule has 3 aromatic rings. The molecule has 1 aromatic heterocycles. The Balaban J connectivity index is 1.69. The van der Waals surface area contributed by atoms with Crippen molar-refractivity contribution in [2.45, 2.75) is 20.4 Å². The third-order valence-corrected chi connectivity index (χ3v) is 4.10. The minimum Gasteiger partial charge on any atom is -0.349 e. The number of hydrogen-bond acceptors (Lipinski definition) is 5. The molecule has 6 heteroatoms. The lowest BCUT2D eigenvalue weighted by atomic mass is 10.1. The Morgan fingerprint density at radius 1 is 1.04 bits per heavy atom. The predicted molar refractivity (Wildman–Crippen MR) is 97.8 cm³/mol. The number of nitrogens with one attached hydrogen (secondary N) is 2. The van der Waals surface area contributed by atoms with Crippen LogP contribution in [-0.4, -0.2) is 15.2 Å². The lowest BCUT2D eigenvalue weighted by Gasteiger charge is -2.09. The molecule has 0 fully saturated rings. The van der Waals surface area contributed by atoms with E-state index in [9.17, 15) is 0 Å². The Morgan fingerprint density at radius 2 is 1.88 bits per heavy atom. The van der Waals surface area contributed by atoms with Crippen LogP contribution in [0, 0.1) is 13.8 Å². The molecular weight excluding hydrogens is 322 g/mol. The fourth-order valence-corrected chi connectivity index (χ4v) is 2.42. The minimum absolute atomic E-state index is 0.448. The van der Waals surface area contributed by atoms with E-state index in [1.807, 2.05) is 30.3 Å². The van der Waals surface area contributed by atoms with Crippen LogP contribution in [-0.2, 0) is 6.54 Å². The maximum absolute atomic E-state index is 6.15. The van der Waals surface area contributed by atoms with E-state index in [1.54, 1.807) is 6.20 Å². The van der Waals surface area contributed by atoms with Crippen LogP contribution in [0.3, 0.4) is 0 Å². The molecule has 0 saturated carbocycles. The highest BCUT2D eigenvalue weighted by Crippen LogP contribution is 2.19. The van der Waals surface area contributed by atoms with Crippen molar-refractivity contribution in [1.29, 1.82) is 0 Å². The molecule has 2 N–H and O–H groups in total. The van der Waals surface area contributed by atoms with Crippen LogP contribution in [0.5, 0.6) is 0 Å². The summed E-state index contributed by atoms with van der Waals surface area (Å²) >= 11 is 6.15. The number of anilines is 3. The van der Waals surface area contributed by atoms with Gasteiger partial charge in [0.2, 0.25) is 5.95 Å². The number of rotatable bonds is 5. The molecule has 0 atom stereocenters. The Labute approximate surface area is 146 Å². The Hall–Kier alpha value is -2.66. The van der Waals surface area contributed by atoms with E-state index in [-0.39, 0.29) is 0 Å². The highest BCUT2D eigenvalue weighted by atomic mass is 35.5. The van der Waals surface area contributed by atoms with Gasteiger partial charge in [-0.15, -0.1) is 5.10 Å². The Bertz CT molecular complexity index is 850. The van der Waals surface area contributed by atoms with Gasteiger partial charge in [0.1, 0.15) is 0 Å². The average molecular weight is 340 g/mol. The van der Waals surface area contributed by atoms with Crippen LogP contribution in [0.25, 0.3) is 0 Å². The van der Waals surface area contributed by atoms with Gasteiger partial charge in [-0.2, -0.15) is 10.1 Å². The molecule has 0 amide bonds. The predicted octanol–water partition coefficient (Wildman–Crippen LogP) is 4.50. The molecule has 0 spiro atoms. The van der Waals surface area contributed by atoms with Crippen LogP contribution in [0.15, 0.2) is 48.7 Å². The number of aryl methyl sites for hydroxylation is 2. The maximum atomic E-state index is 6.15. The first-order chi connectivity index (χ1) is 11.6. The van der Waals surface area contributed by atoms with E-state index in [4.69, 9.17) is 11.6 Å². The van der Waals surface area contributed by atoms with E-state index < -0.39 is 0 Å². The lowest BCUT2D eigenvalue weighted by Crippen LogP contribution is -2.06. The fourth-order valence-electron chi connectivity index (χ4n) is 2.22. The minimum atomic E-state index is 0.448. The number of benzene rings is 2. The summed E-state index contributed by atoms with van der Waals surface area (Å²) in [4.78, 5) is 4.43. The van der Waals surface area contributed by atoms with Crippen molar-refractivity contribution in [1.82, 2.24) is 15.2 Å². The SMILES string of the molecule is Cc1ccc(Nc2cnnc(NCc3ccccc3Cl)n2)cc1C. The van der Waals surface area contributed by atoms with E-state index in [1.165, 1.54) is 11.1 Å². The molecule has 1 heterocycles. The monoisotopic (exact) mass is 339 g/mol. The van der Waals surface area contributed by atoms with Gasteiger partial charge in [-0.25, -0.2) is 0 Å². The molecule has 0 saturated heterocycles. The summed E-state index contributed by atoms with van der Waals surface area (Å²) in [5, 5.41) is 15.1. The highest BCUT2D eigenvalue weighted by molar-refractivity contribution is 6.31. The Kier molecular flexibility index (Phi) is 4.91. The summed E-state index contributed by atoms with van der Waals surface area (Å²) in [5.74, 6) is 1.08. The molecule has 0 unspecified atom stereocenters. The largest absolute Gasteiger partial charge is 0.349 e. The van der Waals surface area contributed by atoms with E-state index in [2.05, 4.69) is 51.8 Å². The molecule has 3 rings (SSSR count). The second kappa shape index (κ2) is 7.27. The summed E-state index contributed by atoms with van der Waals surface area (Å²) < 4.78 is 0. The van der Waals surface area contributed by atoms with Crippen LogP contribution in [0.1, 0.15) is 16.7 Å². The smallest absolute Gasteiger partial charge is 0.244 e. The van der Waals surface area contributed by atoms with Crippen molar-refractivity contribution in [2.24, 2.45) is 0 Å². The summed E-state index contributed by atoms with van der Waals surface area (Å²) in [6.45, 7) is 4.70. The molecule has 122 valence electrons. The maximum Gasteiger partial charge on any atom is 0.244 e.